The third-order valence-corrected chi connectivity index (χ3v) is 1.22. The zero-order chi connectivity index (χ0) is 8.53. The molecule has 0 atom stereocenters. The topological polar surface area (TPSA) is 38.7 Å². The van der Waals surface area contributed by atoms with E-state index in [2.05, 4.69) is 0 Å². The van der Waals surface area contributed by atoms with Gasteiger partial charge in [-0.15, -0.1) is 23.2 Å². The maximum absolute atomic E-state index is 8.64. The lowest BCUT2D eigenvalue weighted by Gasteiger charge is -2.14. The van der Waals surface area contributed by atoms with Crippen molar-refractivity contribution in [2.45, 2.75) is 6.29 Å². The smallest absolute Gasteiger partial charge is 0.180 e. The highest BCUT2D eigenvalue weighted by atomic mass is 35.5. The molecule has 0 saturated heterocycles. The van der Waals surface area contributed by atoms with Gasteiger partial charge in [-0.05, 0) is 0 Å². The van der Waals surface area contributed by atoms with Crippen molar-refractivity contribution >= 4 is 23.2 Å². The van der Waals surface area contributed by atoms with Crippen molar-refractivity contribution in [2.24, 2.45) is 0 Å². The molecule has 0 bridgehead atoms. The van der Waals surface area contributed by atoms with Gasteiger partial charge in [0.1, 0.15) is 0 Å². The summed E-state index contributed by atoms with van der Waals surface area (Å²) < 4.78 is 9.96. The standard InChI is InChI=1S/C6H12Cl2O3/c7-1-3-10-6(5-9)11-4-2-8/h6,9H,1-5H2. The number of halogens is 2. The van der Waals surface area contributed by atoms with Crippen molar-refractivity contribution in [1.82, 2.24) is 0 Å². The molecular weight excluding hydrogens is 191 g/mol. The predicted molar refractivity (Wildman–Crippen MR) is 44.2 cm³/mol. The Balaban J connectivity index is 3.25. The van der Waals surface area contributed by atoms with Crippen LogP contribution in [-0.2, 0) is 9.47 Å². The van der Waals surface area contributed by atoms with Gasteiger partial charge in [-0.2, -0.15) is 0 Å². The third kappa shape index (κ3) is 6.84. The monoisotopic (exact) mass is 202 g/mol. The minimum Gasteiger partial charge on any atom is -0.391 e. The van der Waals surface area contributed by atoms with Crippen LogP contribution in [0.15, 0.2) is 0 Å². The van der Waals surface area contributed by atoms with Gasteiger partial charge in [-0.25, -0.2) is 0 Å². The first-order chi connectivity index (χ1) is 5.35. The minimum absolute atomic E-state index is 0.173. The Hall–Kier alpha value is 0.460. The summed E-state index contributed by atoms with van der Waals surface area (Å²) >= 11 is 10.7. The van der Waals surface area contributed by atoms with Crippen LogP contribution in [0.2, 0.25) is 0 Å². The van der Waals surface area contributed by atoms with Gasteiger partial charge in [-0.1, -0.05) is 0 Å². The molecule has 0 aromatic heterocycles. The number of aliphatic hydroxyl groups excluding tert-OH is 1. The van der Waals surface area contributed by atoms with Crippen LogP contribution in [0.1, 0.15) is 0 Å². The van der Waals surface area contributed by atoms with E-state index in [-0.39, 0.29) is 6.61 Å². The van der Waals surface area contributed by atoms with E-state index < -0.39 is 6.29 Å². The summed E-state index contributed by atoms with van der Waals surface area (Å²) in [7, 11) is 0. The number of hydrogen-bond acceptors (Lipinski definition) is 3. The Morgan fingerprint density at radius 3 is 1.82 bits per heavy atom. The fraction of sp³-hybridized carbons (Fsp3) is 1.00. The molecule has 0 radical (unpaired) electrons. The largest absolute Gasteiger partial charge is 0.391 e. The Morgan fingerprint density at radius 2 is 1.55 bits per heavy atom. The molecule has 3 nitrogen and oxygen atoms in total. The zero-order valence-electron chi connectivity index (χ0n) is 6.13. The van der Waals surface area contributed by atoms with E-state index in [1.54, 1.807) is 0 Å². The number of alkyl halides is 2. The molecule has 0 aliphatic carbocycles. The van der Waals surface area contributed by atoms with Crippen molar-refractivity contribution in [2.75, 3.05) is 31.6 Å². The molecule has 0 aliphatic heterocycles. The highest BCUT2D eigenvalue weighted by Crippen LogP contribution is 1.94. The number of aliphatic hydroxyl groups is 1. The van der Waals surface area contributed by atoms with Crippen LogP contribution in [0.25, 0.3) is 0 Å². The SMILES string of the molecule is OCC(OCCCl)OCCCl. The average molecular weight is 203 g/mol. The predicted octanol–water partition coefficient (Wildman–Crippen LogP) is 0.816. The van der Waals surface area contributed by atoms with E-state index in [0.29, 0.717) is 25.0 Å². The summed E-state index contributed by atoms with van der Waals surface area (Å²) in [4.78, 5) is 0. The molecule has 0 unspecified atom stereocenters. The van der Waals surface area contributed by atoms with Crippen LogP contribution in [-0.4, -0.2) is 43.0 Å². The molecule has 0 amide bonds. The van der Waals surface area contributed by atoms with Crippen LogP contribution in [0.3, 0.4) is 0 Å². The van der Waals surface area contributed by atoms with Gasteiger partial charge in [0, 0.05) is 11.8 Å². The first-order valence-electron chi connectivity index (χ1n) is 3.31. The fourth-order valence-corrected chi connectivity index (χ4v) is 0.684. The Morgan fingerprint density at radius 1 is 1.09 bits per heavy atom. The van der Waals surface area contributed by atoms with E-state index in [1.807, 2.05) is 0 Å². The Kier molecular flexibility index (Phi) is 8.91. The summed E-state index contributed by atoms with van der Waals surface area (Å²) in [6.07, 6.45) is -0.590. The molecule has 0 aromatic rings. The zero-order valence-corrected chi connectivity index (χ0v) is 7.64. The Bertz CT molecular complexity index is 74.2. The van der Waals surface area contributed by atoms with Crippen molar-refractivity contribution in [1.29, 1.82) is 0 Å². The molecule has 68 valence electrons. The molecule has 0 fully saturated rings. The van der Waals surface area contributed by atoms with Crippen molar-refractivity contribution in [3.05, 3.63) is 0 Å². The second-order valence-corrected chi connectivity index (χ2v) is 2.49. The average Bonchev–Trinajstić information content (AvgIpc) is 2.05. The van der Waals surface area contributed by atoms with E-state index in [0.717, 1.165) is 0 Å². The molecular formula is C6H12Cl2O3. The molecule has 11 heavy (non-hydrogen) atoms. The first kappa shape index (κ1) is 11.5. The lowest BCUT2D eigenvalue weighted by Crippen LogP contribution is -2.23. The molecule has 0 spiro atoms. The van der Waals surface area contributed by atoms with Crippen LogP contribution in [0.5, 0.6) is 0 Å². The van der Waals surface area contributed by atoms with Crippen LogP contribution >= 0.6 is 23.2 Å². The molecule has 5 heteroatoms. The number of ether oxygens (including phenoxy) is 2. The van der Waals surface area contributed by atoms with Gasteiger partial charge < -0.3 is 14.6 Å². The summed E-state index contributed by atoms with van der Waals surface area (Å²) in [6.45, 7) is 0.567. The van der Waals surface area contributed by atoms with Crippen molar-refractivity contribution < 1.29 is 14.6 Å². The van der Waals surface area contributed by atoms with Gasteiger partial charge in [-0.3, -0.25) is 0 Å². The minimum atomic E-state index is -0.590. The number of rotatable bonds is 7. The summed E-state index contributed by atoms with van der Waals surface area (Å²) in [6, 6.07) is 0. The van der Waals surface area contributed by atoms with Crippen molar-refractivity contribution in [3.8, 4) is 0 Å². The lowest BCUT2D eigenvalue weighted by atomic mass is 10.6. The van der Waals surface area contributed by atoms with E-state index in [1.165, 1.54) is 0 Å². The molecule has 0 aliphatic rings. The highest BCUT2D eigenvalue weighted by Gasteiger charge is 2.05. The maximum atomic E-state index is 8.64. The molecule has 0 rings (SSSR count). The summed E-state index contributed by atoms with van der Waals surface area (Å²) in [5.74, 6) is 0.779. The van der Waals surface area contributed by atoms with Crippen LogP contribution < -0.4 is 0 Å². The normalized spacial score (nSPS) is 10.9. The van der Waals surface area contributed by atoms with E-state index in [4.69, 9.17) is 37.8 Å². The lowest BCUT2D eigenvalue weighted by molar-refractivity contribution is -0.155. The van der Waals surface area contributed by atoms with Crippen LogP contribution in [0.4, 0.5) is 0 Å². The maximum Gasteiger partial charge on any atom is 0.180 e. The van der Waals surface area contributed by atoms with Gasteiger partial charge in [0.25, 0.3) is 0 Å². The second-order valence-electron chi connectivity index (χ2n) is 1.73. The van der Waals surface area contributed by atoms with Gasteiger partial charge in [0.2, 0.25) is 0 Å². The number of hydrogen-bond donors (Lipinski definition) is 1. The van der Waals surface area contributed by atoms with Gasteiger partial charge >= 0.3 is 0 Å². The molecule has 0 heterocycles. The second kappa shape index (κ2) is 8.56. The van der Waals surface area contributed by atoms with E-state index >= 15 is 0 Å². The molecule has 0 aromatic carbocycles. The van der Waals surface area contributed by atoms with Gasteiger partial charge in [0.05, 0.1) is 19.8 Å². The fourth-order valence-electron chi connectivity index (χ4n) is 0.506. The summed E-state index contributed by atoms with van der Waals surface area (Å²) in [5, 5.41) is 8.64. The highest BCUT2D eigenvalue weighted by molar-refractivity contribution is 6.18. The summed E-state index contributed by atoms with van der Waals surface area (Å²) in [5.41, 5.74) is 0. The molecule has 1 N–H and O–H groups in total. The van der Waals surface area contributed by atoms with Crippen molar-refractivity contribution in [3.63, 3.8) is 0 Å². The first-order valence-corrected chi connectivity index (χ1v) is 4.38. The quantitative estimate of drug-likeness (QED) is 0.491. The Labute approximate surface area is 76.2 Å². The van der Waals surface area contributed by atoms with E-state index in [9.17, 15) is 0 Å². The molecule has 0 saturated carbocycles. The van der Waals surface area contributed by atoms with Gasteiger partial charge in [0.15, 0.2) is 6.29 Å². The third-order valence-electron chi connectivity index (χ3n) is 0.911. The van der Waals surface area contributed by atoms with Crippen LogP contribution in [0, 0.1) is 0 Å².